The molecule has 8 heteroatoms. The van der Waals surface area contributed by atoms with Crippen LogP contribution in [0.3, 0.4) is 0 Å². The van der Waals surface area contributed by atoms with Crippen LogP contribution in [0.2, 0.25) is 0 Å². The van der Waals surface area contributed by atoms with E-state index in [1.54, 1.807) is 0 Å². The van der Waals surface area contributed by atoms with Crippen molar-refractivity contribution in [2.75, 3.05) is 7.11 Å². The maximum absolute atomic E-state index is 12.8. The summed E-state index contributed by atoms with van der Waals surface area (Å²) in [6.07, 6.45) is 0. The molecule has 25 heavy (non-hydrogen) atoms. The van der Waals surface area contributed by atoms with Crippen LogP contribution in [0, 0.1) is 5.82 Å². The third kappa shape index (κ3) is 5.27. The number of esters is 1. The molecule has 0 heterocycles. The molecule has 0 bridgehead atoms. The van der Waals surface area contributed by atoms with E-state index in [2.05, 4.69) is 4.72 Å². The number of methoxy groups -OCH3 is 1. The van der Waals surface area contributed by atoms with Gasteiger partial charge in [0.25, 0.3) is 0 Å². The van der Waals surface area contributed by atoms with E-state index < -0.39 is 27.9 Å². The molecule has 0 aliphatic heterocycles. The van der Waals surface area contributed by atoms with E-state index in [0.29, 0.717) is 11.3 Å². The van der Waals surface area contributed by atoms with Gasteiger partial charge in [0.15, 0.2) is 0 Å². The molecule has 0 spiro atoms. The van der Waals surface area contributed by atoms with Crippen LogP contribution in [0.5, 0.6) is 5.75 Å². The number of sulfonamides is 1. The fourth-order valence-electron chi connectivity index (χ4n) is 1.96. The molecule has 0 aliphatic carbocycles. The number of halogens is 1. The second kappa shape index (κ2) is 8.09. The summed E-state index contributed by atoms with van der Waals surface area (Å²) in [5.74, 6) is -0.609. The average molecular weight is 367 g/mol. The Labute approximate surface area is 145 Å². The largest absolute Gasteiger partial charge is 0.497 e. The van der Waals surface area contributed by atoms with Crippen molar-refractivity contribution in [3.63, 3.8) is 0 Å². The molecule has 1 N–H and O–H groups in total. The first-order chi connectivity index (χ1) is 11.8. The first-order valence-electron chi connectivity index (χ1n) is 7.39. The van der Waals surface area contributed by atoms with Crippen LogP contribution >= 0.6 is 0 Å². The Balaban J connectivity index is 1.95. The van der Waals surface area contributed by atoms with E-state index in [1.807, 2.05) is 0 Å². The van der Waals surface area contributed by atoms with Crippen molar-refractivity contribution in [2.24, 2.45) is 0 Å². The third-order valence-corrected chi connectivity index (χ3v) is 4.91. The van der Waals surface area contributed by atoms with Crippen molar-refractivity contribution in [3.8, 4) is 5.75 Å². The highest BCUT2D eigenvalue weighted by molar-refractivity contribution is 7.89. The Kier molecular flexibility index (Phi) is 6.11. The lowest BCUT2D eigenvalue weighted by Crippen LogP contribution is -2.39. The fourth-order valence-corrected chi connectivity index (χ4v) is 3.16. The molecular weight excluding hydrogens is 349 g/mol. The van der Waals surface area contributed by atoms with Crippen LogP contribution in [0.15, 0.2) is 53.4 Å². The van der Waals surface area contributed by atoms with E-state index >= 15 is 0 Å². The Bertz CT molecular complexity index is 819. The minimum absolute atomic E-state index is 0.00600. The maximum Gasteiger partial charge on any atom is 0.324 e. The lowest BCUT2D eigenvalue weighted by molar-refractivity contribution is -0.146. The lowest BCUT2D eigenvalue weighted by atomic mass is 10.2. The molecule has 0 aromatic heterocycles. The van der Waals surface area contributed by atoms with Gasteiger partial charge in [-0.1, -0.05) is 12.1 Å². The minimum Gasteiger partial charge on any atom is -0.497 e. The highest BCUT2D eigenvalue weighted by Crippen LogP contribution is 2.16. The normalized spacial score (nSPS) is 12.4. The van der Waals surface area contributed by atoms with Crippen LogP contribution in [-0.4, -0.2) is 27.5 Å². The topological polar surface area (TPSA) is 81.7 Å². The second-order valence-corrected chi connectivity index (χ2v) is 6.97. The smallest absolute Gasteiger partial charge is 0.324 e. The number of hydrogen-bond donors (Lipinski definition) is 1. The monoisotopic (exact) mass is 367 g/mol. The van der Waals surface area contributed by atoms with Gasteiger partial charge < -0.3 is 9.47 Å². The number of carbonyl (C=O) groups is 1. The molecule has 134 valence electrons. The van der Waals surface area contributed by atoms with Gasteiger partial charge in [-0.15, -0.1) is 0 Å². The summed E-state index contributed by atoms with van der Waals surface area (Å²) < 4.78 is 49.6. The maximum atomic E-state index is 12.8. The van der Waals surface area contributed by atoms with Crippen molar-refractivity contribution in [3.05, 3.63) is 59.9 Å². The van der Waals surface area contributed by atoms with Gasteiger partial charge in [0.2, 0.25) is 10.0 Å². The highest BCUT2D eigenvalue weighted by atomic mass is 32.2. The SMILES string of the molecule is COc1ccc(S(=O)(=O)NC(C)C(=O)OCc2ccc(F)cc2)cc1. The predicted octanol–water partition coefficient (Wildman–Crippen LogP) is 2.24. The zero-order valence-electron chi connectivity index (χ0n) is 13.7. The zero-order chi connectivity index (χ0) is 18.4. The van der Waals surface area contributed by atoms with Gasteiger partial charge in [0.1, 0.15) is 24.2 Å². The third-order valence-electron chi connectivity index (χ3n) is 3.35. The van der Waals surface area contributed by atoms with Gasteiger partial charge in [0.05, 0.1) is 12.0 Å². The summed E-state index contributed by atoms with van der Waals surface area (Å²) in [7, 11) is -2.40. The lowest BCUT2D eigenvalue weighted by Gasteiger charge is -2.14. The van der Waals surface area contributed by atoms with Gasteiger partial charge in [-0.2, -0.15) is 4.72 Å². The van der Waals surface area contributed by atoms with Gasteiger partial charge in [0, 0.05) is 0 Å². The van der Waals surface area contributed by atoms with Crippen LogP contribution < -0.4 is 9.46 Å². The molecule has 0 amide bonds. The molecule has 1 atom stereocenters. The number of hydrogen-bond acceptors (Lipinski definition) is 5. The fraction of sp³-hybridized carbons (Fsp3) is 0.235. The molecule has 2 aromatic rings. The van der Waals surface area contributed by atoms with Crippen LogP contribution in [-0.2, 0) is 26.2 Å². The molecule has 0 saturated carbocycles. The zero-order valence-corrected chi connectivity index (χ0v) is 14.5. The van der Waals surface area contributed by atoms with Crippen LogP contribution in [0.4, 0.5) is 4.39 Å². The van der Waals surface area contributed by atoms with Crippen molar-refractivity contribution < 1.29 is 27.1 Å². The number of nitrogens with one attached hydrogen (secondary N) is 1. The summed E-state index contributed by atoms with van der Waals surface area (Å²) in [6, 6.07) is 10.1. The first-order valence-corrected chi connectivity index (χ1v) is 8.87. The standard InChI is InChI=1S/C17H18FNO5S/c1-12(17(20)24-11-13-3-5-14(18)6-4-13)19-25(21,22)16-9-7-15(23-2)8-10-16/h3-10,12,19H,11H2,1-2H3. The molecule has 0 fully saturated rings. The van der Waals surface area contributed by atoms with Crippen molar-refractivity contribution in [2.45, 2.75) is 24.5 Å². The molecule has 6 nitrogen and oxygen atoms in total. The summed E-state index contributed by atoms with van der Waals surface area (Å²) in [4.78, 5) is 12.0. The Morgan fingerprint density at radius 1 is 1.12 bits per heavy atom. The first kappa shape index (κ1) is 18.9. The van der Waals surface area contributed by atoms with Crippen LogP contribution in [0.1, 0.15) is 12.5 Å². The van der Waals surface area contributed by atoms with E-state index in [-0.39, 0.29) is 11.5 Å². The van der Waals surface area contributed by atoms with Crippen molar-refractivity contribution in [1.29, 1.82) is 0 Å². The predicted molar refractivity (Wildman–Crippen MR) is 89.0 cm³/mol. The molecular formula is C17H18FNO5S. The molecule has 2 aromatic carbocycles. The summed E-state index contributed by atoms with van der Waals surface area (Å²) in [5, 5.41) is 0. The van der Waals surface area contributed by atoms with Gasteiger partial charge >= 0.3 is 5.97 Å². The minimum atomic E-state index is -3.87. The van der Waals surface area contributed by atoms with Gasteiger partial charge in [-0.25, -0.2) is 12.8 Å². The number of ether oxygens (including phenoxy) is 2. The molecule has 0 aliphatic rings. The Morgan fingerprint density at radius 3 is 2.28 bits per heavy atom. The number of carbonyl (C=O) groups excluding carboxylic acids is 1. The van der Waals surface area contributed by atoms with Crippen LogP contribution in [0.25, 0.3) is 0 Å². The van der Waals surface area contributed by atoms with Gasteiger partial charge in [-0.3, -0.25) is 4.79 Å². The Hall–Kier alpha value is -2.45. The summed E-state index contributed by atoms with van der Waals surface area (Å²) in [5.41, 5.74) is 0.597. The number of benzene rings is 2. The summed E-state index contributed by atoms with van der Waals surface area (Å²) in [6.45, 7) is 1.31. The van der Waals surface area contributed by atoms with E-state index in [4.69, 9.17) is 9.47 Å². The molecule has 0 saturated heterocycles. The molecule has 2 rings (SSSR count). The quantitative estimate of drug-likeness (QED) is 0.759. The molecule has 0 radical (unpaired) electrons. The van der Waals surface area contributed by atoms with E-state index in [0.717, 1.165) is 0 Å². The van der Waals surface area contributed by atoms with E-state index in [1.165, 1.54) is 62.6 Å². The summed E-state index contributed by atoms with van der Waals surface area (Å²) >= 11 is 0. The average Bonchev–Trinajstić information content (AvgIpc) is 2.60. The number of rotatable bonds is 7. The highest BCUT2D eigenvalue weighted by Gasteiger charge is 2.23. The van der Waals surface area contributed by atoms with Crippen molar-refractivity contribution >= 4 is 16.0 Å². The molecule has 1 unspecified atom stereocenters. The second-order valence-electron chi connectivity index (χ2n) is 5.25. The van der Waals surface area contributed by atoms with Gasteiger partial charge in [-0.05, 0) is 48.9 Å². The van der Waals surface area contributed by atoms with E-state index in [9.17, 15) is 17.6 Å². The van der Waals surface area contributed by atoms with Crippen molar-refractivity contribution in [1.82, 2.24) is 4.72 Å². The Morgan fingerprint density at radius 2 is 1.72 bits per heavy atom.